The zero-order chi connectivity index (χ0) is 22.4. The highest BCUT2D eigenvalue weighted by atomic mass is 16.5. The van der Waals surface area contributed by atoms with Crippen LogP contribution in [0.3, 0.4) is 0 Å². The Morgan fingerprint density at radius 1 is 1.07 bits per heavy atom. The largest absolute Gasteiger partial charge is 0.494 e. The molecule has 6 nitrogen and oxygen atoms in total. The second kappa shape index (κ2) is 14.2. The molecular formula is C24H35N3O3. The zero-order valence-corrected chi connectivity index (χ0v) is 18.7. The molecule has 0 aliphatic heterocycles. The van der Waals surface area contributed by atoms with Crippen LogP contribution in [0.15, 0.2) is 29.8 Å². The summed E-state index contributed by atoms with van der Waals surface area (Å²) in [6.07, 6.45) is 4.38. The van der Waals surface area contributed by atoms with E-state index in [4.69, 9.17) is 10.00 Å². The Bertz CT molecular complexity index is 720. The summed E-state index contributed by atoms with van der Waals surface area (Å²) < 4.78 is 5.65. The molecule has 0 saturated carbocycles. The maximum Gasteiger partial charge on any atom is 0.256 e. The summed E-state index contributed by atoms with van der Waals surface area (Å²) in [6.45, 7) is 9.84. The molecule has 0 saturated heterocycles. The molecule has 2 N–H and O–H groups in total. The summed E-state index contributed by atoms with van der Waals surface area (Å²) in [5.74, 6) is 0.817. The molecule has 0 atom stereocenters. The number of unbranched alkanes of at least 4 members (excludes halogenated alkanes) is 1. The summed E-state index contributed by atoms with van der Waals surface area (Å²) in [5.41, 5.74) is 0.796. The molecule has 164 valence electrons. The number of hydrogen-bond donors (Lipinski definition) is 2. The molecule has 0 aliphatic rings. The lowest BCUT2D eigenvalue weighted by Crippen LogP contribution is -2.36. The van der Waals surface area contributed by atoms with Gasteiger partial charge in [-0.2, -0.15) is 5.26 Å². The number of benzene rings is 1. The van der Waals surface area contributed by atoms with Crippen molar-refractivity contribution in [3.63, 3.8) is 0 Å². The van der Waals surface area contributed by atoms with E-state index in [1.54, 1.807) is 12.1 Å². The number of carbonyl (C=O) groups excluding carboxylic acids is 2. The standard InChI is InChI=1S/C24H35N3O3/c1-18(2)10-13-26-23(28)22(24(29)27-14-11-19(3)4)17-20-8-7-9-21(16-20)30-15-6-5-12-25/h7-9,16-19H,5-6,10-11,13-15H2,1-4H3,(H,26,28)(H,27,29). The van der Waals surface area contributed by atoms with Crippen LogP contribution >= 0.6 is 0 Å². The fraction of sp³-hybridized carbons (Fsp3) is 0.542. The molecule has 30 heavy (non-hydrogen) atoms. The highest BCUT2D eigenvalue weighted by Crippen LogP contribution is 2.17. The van der Waals surface area contributed by atoms with Gasteiger partial charge in [-0.05, 0) is 54.9 Å². The van der Waals surface area contributed by atoms with Gasteiger partial charge in [0, 0.05) is 19.5 Å². The van der Waals surface area contributed by atoms with Crippen LogP contribution in [-0.4, -0.2) is 31.5 Å². The minimum absolute atomic E-state index is 0.0872. The summed E-state index contributed by atoms with van der Waals surface area (Å²) in [4.78, 5) is 25.4. The highest BCUT2D eigenvalue weighted by Gasteiger charge is 2.18. The fourth-order valence-electron chi connectivity index (χ4n) is 2.58. The first-order valence-corrected chi connectivity index (χ1v) is 10.7. The first kappa shape index (κ1) is 25.2. The molecule has 0 heterocycles. The molecule has 1 aromatic rings. The van der Waals surface area contributed by atoms with Crippen LogP contribution in [0.25, 0.3) is 6.08 Å². The van der Waals surface area contributed by atoms with Crippen molar-refractivity contribution in [1.82, 2.24) is 10.6 Å². The topological polar surface area (TPSA) is 91.2 Å². The Labute approximate surface area is 180 Å². The quantitative estimate of drug-likeness (QED) is 0.221. The molecule has 0 fully saturated rings. The second-order valence-electron chi connectivity index (χ2n) is 8.12. The molecule has 1 rings (SSSR count). The number of ether oxygens (including phenoxy) is 1. The van der Waals surface area contributed by atoms with Crippen molar-refractivity contribution in [3.8, 4) is 11.8 Å². The Balaban J connectivity index is 2.93. The van der Waals surface area contributed by atoms with Gasteiger partial charge in [0.15, 0.2) is 0 Å². The molecule has 0 unspecified atom stereocenters. The molecule has 0 aliphatic carbocycles. The van der Waals surface area contributed by atoms with Crippen LogP contribution in [0.1, 0.15) is 58.9 Å². The number of amides is 2. The summed E-state index contributed by atoms with van der Waals surface area (Å²) >= 11 is 0. The molecule has 0 aromatic heterocycles. The normalized spacial score (nSPS) is 10.4. The van der Waals surface area contributed by atoms with Gasteiger partial charge in [-0.25, -0.2) is 0 Å². The van der Waals surface area contributed by atoms with Crippen molar-refractivity contribution in [2.24, 2.45) is 11.8 Å². The van der Waals surface area contributed by atoms with Gasteiger partial charge in [-0.3, -0.25) is 9.59 Å². The predicted octanol–water partition coefficient (Wildman–Crippen LogP) is 4.08. The third kappa shape index (κ3) is 10.7. The lowest BCUT2D eigenvalue weighted by Gasteiger charge is -2.12. The number of carbonyl (C=O) groups is 2. The van der Waals surface area contributed by atoms with Crippen LogP contribution in [-0.2, 0) is 9.59 Å². The molecule has 2 amide bonds. The maximum absolute atomic E-state index is 12.7. The Morgan fingerprint density at radius 3 is 2.20 bits per heavy atom. The lowest BCUT2D eigenvalue weighted by molar-refractivity contribution is -0.123. The van der Waals surface area contributed by atoms with Crippen LogP contribution in [0, 0.1) is 23.2 Å². The van der Waals surface area contributed by atoms with Gasteiger partial charge < -0.3 is 15.4 Å². The highest BCUT2D eigenvalue weighted by molar-refractivity contribution is 6.21. The van der Waals surface area contributed by atoms with Crippen molar-refractivity contribution in [2.75, 3.05) is 19.7 Å². The van der Waals surface area contributed by atoms with Crippen LogP contribution in [0.4, 0.5) is 0 Å². The van der Waals surface area contributed by atoms with Gasteiger partial charge in [0.2, 0.25) is 0 Å². The second-order valence-corrected chi connectivity index (χ2v) is 8.12. The van der Waals surface area contributed by atoms with E-state index in [0.717, 1.165) is 12.8 Å². The Morgan fingerprint density at radius 2 is 1.67 bits per heavy atom. The fourth-order valence-corrected chi connectivity index (χ4v) is 2.58. The van der Waals surface area contributed by atoms with Crippen molar-refractivity contribution >= 4 is 17.9 Å². The summed E-state index contributed by atoms with van der Waals surface area (Å²) in [6, 6.07) is 9.33. The number of nitrogens with zero attached hydrogens (tertiary/aromatic N) is 1. The van der Waals surface area contributed by atoms with E-state index < -0.39 is 0 Å². The van der Waals surface area contributed by atoms with Crippen molar-refractivity contribution < 1.29 is 14.3 Å². The minimum atomic E-state index is -0.377. The van der Waals surface area contributed by atoms with Gasteiger partial charge in [0.25, 0.3) is 11.8 Å². The minimum Gasteiger partial charge on any atom is -0.494 e. The number of nitrogens with one attached hydrogen (secondary N) is 2. The molecule has 0 radical (unpaired) electrons. The van der Waals surface area contributed by atoms with Crippen LogP contribution in [0.2, 0.25) is 0 Å². The van der Waals surface area contributed by atoms with E-state index in [2.05, 4.69) is 44.4 Å². The van der Waals surface area contributed by atoms with Gasteiger partial charge >= 0.3 is 0 Å². The molecule has 1 aromatic carbocycles. The van der Waals surface area contributed by atoms with E-state index in [1.165, 1.54) is 0 Å². The average molecular weight is 414 g/mol. The Hall–Kier alpha value is -2.81. The molecule has 0 spiro atoms. The SMILES string of the molecule is CC(C)CCNC(=O)C(=Cc1cccc(OCCCC#N)c1)C(=O)NCCC(C)C. The van der Waals surface area contributed by atoms with E-state index in [9.17, 15) is 9.59 Å². The first-order valence-electron chi connectivity index (χ1n) is 10.7. The molecule has 6 heteroatoms. The zero-order valence-electron chi connectivity index (χ0n) is 18.7. The van der Waals surface area contributed by atoms with E-state index >= 15 is 0 Å². The van der Waals surface area contributed by atoms with Crippen LogP contribution in [0.5, 0.6) is 5.75 Å². The first-order chi connectivity index (χ1) is 14.3. The van der Waals surface area contributed by atoms with Crippen molar-refractivity contribution in [2.45, 2.75) is 53.4 Å². The predicted molar refractivity (Wildman–Crippen MR) is 120 cm³/mol. The van der Waals surface area contributed by atoms with Gasteiger partial charge in [0.1, 0.15) is 11.3 Å². The monoisotopic (exact) mass is 413 g/mol. The number of nitriles is 1. The van der Waals surface area contributed by atoms with Crippen molar-refractivity contribution in [1.29, 1.82) is 5.26 Å². The van der Waals surface area contributed by atoms with Gasteiger partial charge in [-0.15, -0.1) is 0 Å². The molecule has 0 bridgehead atoms. The Kier molecular flexibility index (Phi) is 12.0. The van der Waals surface area contributed by atoms with Gasteiger partial charge in [-0.1, -0.05) is 39.8 Å². The van der Waals surface area contributed by atoms with E-state index in [-0.39, 0.29) is 17.4 Å². The van der Waals surface area contributed by atoms with Gasteiger partial charge in [0.05, 0.1) is 12.7 Å². The smallest absolute Gasteiger partial charge is 0.256 e. The third-order valence-electron chi connectivity index (χ3n) is 4.37. The van der Waals surface area contributed by atoms with E-state index in [1.807, 2.05) is 18.2 Å². The lowest BCUT2D eigenvalue weighted by atomic mass is 10.1. The number of rotatable bonds is 13. The van der Waals surface area contributed by atoms with Crippen molar-refractivity contribution in [3.05, 3.63) is 35.4 Å². The molecular weight excluding hydrogens is 378 g/mol. The average Bonchev–Trinajstić information content (AvgIpc) is 2.69. The summed E-state index contributed by atoms with van der Waals surface area (Å²) in [7, 11) is 0. The van der Waals surface area contributed by atoms with E-state index in [0.29, 0.717) is 55.7 Å². The third-order valence-corrected chi connectivity index (χ3v) is 4.37. The summed E-state index contributed by atoms with van der Waals surface area (Å²) in [5, 5.41) is 14.3. The maximum atomic E-state index is 12.7. The van der Waals surface area contributed by atoms with Crippen LogP contribution < -0.4 is 15.4 Å². The number of hydrogen-bond acceptors (Lipinski definition) is 4.